The molecule has 1 amide bonds. The van der Waals surface area contributed by atoms with E-state index in [-0.39, 0.29) is 22.9 Å². The summed E-state index contributed by atoms with van der Waals surface area (Å²) in [5.74, 6) is -0.731. The van der Waals surface area contributed by atoms with E-state index in [0.29, 0.717) is 26.3 Å². The van der Waals surface area contributed by atoms with Gasteiger partial charge in [0.05, 0.1) is 16.0 Å². The third-order valence-corrected chi connectivity index (χ3v) is 7.74. The summed E-state index contributed by atoms with van der Waals surface area (Å²) in [5, 5.41) is 7.26. The molecule has 1 fully saturated rings. The van der Waals surface area contributed by atoms with Gasteiger partial charge in [0.25, 0.3) is 5.91 Å². The number of hydrogen-bond acceptors (Lipinski definition) is 4. The number of alkyl halides is 2. The lowest BCUT2D eigenvalue weighted by molar-refractivity contribution is -0.112. The van der Waals surface area contributed by atoms with Crippen LogP contribution in [0.3, 0.4) is 0 Å². The highest BCUT2D eigenvalue weighted by Gasteiger charge is 2.76. The molecule has 4 rings (SSSR count). The highest BCUT2D eigenvalue weighted by Crippen LogP contribution is 2.73. The molecule has 0 bridgehead atoms. The summed E-state index contributed by atoms with van der Waals surface area (Å²) >= 11 is 37.5. The predicted octanol–water partition coefficient (Wildman–Crippen LogP) is 7.52. The average molecular weight is 578 g/mol. The van der Waals surface area contributed by atoms with Gasteiger partial charge >= 0.3 is 0 Å². The maximum Gasteiger partial charge on any atom is 0.258 e. The molecule has 11 heteroatoms. The summed E-state index contributed by atoms with van der Waals surface area (Å²) < 4.78 is -1.37. The molecular weight excluding hydrogens is 563 g/mol. The van der Waals surface area contributed by atoms with Gasteiger partial charge in [-0.3, -0.25) is 4.79 Å². The molecule has 1 aliphatic carbocycles. The molecule has 0 radical (unpaired) electrons. The molecule has 2 unspecified atom stereocenters. The van der Waals surface area contributed by atoms with Crippen molar-refractivity contribution in [2.24, 2.45) is 5.41 Å². The van der Waals surface area contributed by atoms with Crippen molar-refractivity contribution in [1.29, 1.82) is 0 Å². The molecule has 1 aliphatic rings. The van der Waals surface area contributed by atoms with Crippen LogP contribution in [0.4, 0.5) is 11.5 Å². The van der Waals surface area contributed by atoms with Gasteiger partial charge in [0.1, 0.15) is 16.4 Å². The Labute approximate surface area is 225 Å². The molecular formula is C23H15Cl6N3O2. The second kappa shape index (κ2) is 9.73. The van der Waals surface area contributed by atoms with Crippen molar-refractivity contribution in [3.05, 3.63) is 85.9 Å². The second-order valence-corrected chi connectivity index (χ2v) is 10.9. The molecule has 1 heterocycles. The molecule has 2 N–H and O–H groups in total. The number of anilines is 2. The van der Waals surface area contributed by atoms with E-state index in [0.717, 1.165) is 6.29 Å². The van der Waals surface area contributed by atoms with Gasteiger partial charge in [0.15, 0.2) is 0 Å². The van der Waals surface area contributed by atoms with Gasteiger partial charge in [0, 0.05) is 39.4 Å². The number of aromatic nitrogens is 1. The van der Waals surface area contributed by atoms with E-state index < -0.39 is 21.6 Å². The Hall–Kier alpha value is -1.73. The van der Waals surface area contributed by atoms with Crippen LogP contribution in [0.5, 0.6) is 0 Å². The van der Waals surface area contributed by atoms with E-state index >= 15 is 0 Å². The lowest BCUT2D eigenvalue weighted by atomic mass is 10.00. The van der Waals surface area contributed by atoms with Crippen LogP contribution >= 0.6 is 69.6 Å². The van der Waals surface area contributed by atoms with Gasteiger partial charge < -0.3 is 15.4 Å². The van der Waals surface area contributed by atoms with Crippen molar-refractivity contribution < 1.29 is 9.59 Å². The molecule has 34 heavy (non-hydrogen) atoms. The zero-order chi connectivity index (χ0) is 24.7. The summed E-state index contributed by atoms with van der Waals surface area (Å²) in [4.78, 5) is 29.0. The number of pyridine rings is 1. The van der Waals surface area contributed by atoms with Crippen molar-refractivity contribution in [1.82, 2.24) is 4.98 Å². The number of benzene rings is 2. The molecule has 3 aromatic rings. The Morgan fingerprint density at radius 2 is 1.68 bits per heavy atom. The zero-order valence-corrected chi connectivity index (χ0v) is 21.6. The van der Waals surface area contributed by atoms with Crippen molar-refractivity contribution in [3.8, 4) is 0 Å². The van der Waals surface area contributed by atoms with E-state index in [2.05, 4.69) is 15.6 Å². The van der Waals surface area contributed by atoms with Crippen LogP contribution in [-0.2, 0) is 4.79 Å². The Morgan fingerprint density at radius 3 is 2.32 bits per heavy atom. The van der Waals surface area contributed by atoms with Crippen LogP contribution in [0.15, 0.2) is 54.7 Å². The van der Waals surface area contributed by atoms with Gasteiger partial charge in [-0.25, -0.2) is 4.98 Å². The molecule has 1 saturated carbocycles. The first-order valence-corrected chi connectivity index (χ1v) is 12.1. The Morgan fingerprint density at radius 1 is 0.971 bits per heavy atom. The number of carbonyl (C=O) groups is 2. The number of rotatable bonds is 7. The molecule has 0 aliphatic heterocycles. The largest absolute Gasteiger partial charge is 0.384 e. The fourth-order valence-corrected chi connectivity index (χ4v) is 5.73. The highest BCUT2D eigenvalue weighted by atomic mass is 35.5. The smallest absolute Gasteiger partial charge is 0.258 e. The molecule has 176 valence electrons. The van der Waals surface area contributed by atoms with Crippen molar-refractivity contribution >= 4 is 93.3 Å². The van der Waals surface area contributed by atoms with Gasteiger partial charge in [-0.2, -0.15) is 0 Å². The van der Waals surface area contributed by atoms with E-state index in [1.807, 2.05) is 0 Å². The van der Waals surface area contributed by atoms with Gasteiger partial charge in [0.2, 0.25) is 0 Å². The van der Waals surface area contributed by atoms with E-state index in [1.165, 1.54) is 12.3 Å². The quantitative estimate of drug-likeness (QED) is 0.225. The zero-order valence-electron chi connectivity index (χ0n) is 17.1. The number of nitrogens with zero attached hydrogens (tertiary/aromatic N) is 1. The maximum atomic E-state index is 12.7. The molecule has 0 spiro atoms. The van der Waals surface area contributed by atoms with Gasteiger partial charge in [-0.05, 0) is 54.1 Å². The summed E-state index contributed by atoms with van der Waals surface area (Å²) in [7, 11) is 0. The first-order chi connectivity index (χ1) is 16.1. The third kappa shape index (κ3) is 4.83. The lowest BCUT2D eigenvalue weighted by Gasteiger charge is -2.15. The highest BCUT2D eigenvalue weighted by molar-refractivity contribution is 6.54. The molecule has 5 nitrogen and oxygen atoms in total. The minimum atomic E-state index is -1.37. The Balaban J connectivity index is 1.54. The van der Waals surface area contributed by atoms with Crippen molar-refractivity contribution in [3.63, 3.8) is 0 Å². The average Bonchev–Trinajstić information content (AvgIpc) is 3.27. The molecule has 0 saturated heterocycles. The predicted molar refractivity (Wildman–Crippen MR) is 139 cm³/mol. The molecule has 2 atom stereocenters. The standard InChI is InChI=1S/C23H15Cl6N3O2/c24-13-3-4-30-19(8-13)32-21(34)17-9-16(1-2-18(17)27)31-10-22(11-33)20(23(22,28)29)12-5-14(25)7-15(26)6-12/h1-9,11,20,31H,10H2,(H,30,32,34). The summed E-state index contributed by atoms with van der Waals surface area (Å²) in [5.41, 5.74) is 0.248. The van der Waals surface area contributed by atoms with Crippen LogP contribution in [-0.4, -0.2) is 28.1 Å². The van der Waals surface area contributed by atoms with E-state index in [9.17, 15) is 9.59 Å². The fourth-order valence-electron chi connectivity index (χ4n) is 3.85. The number of hydrogen-bond donors (Lipinski definition) is 2. The van der Waals surface area contributed by atoms with Crippen LogP contribution in [0, 0.1) is 5.41 Å². The minimum absolute atomic E-state index is 0.0941. The summed E-state index contributed by atoms with van der Waals surface area (Å²) in [6.07, 6.45) is 2.20. The van der Waals surface area contributed by atoms with Crippen LogP contribution in [0.25, 0.3) is 0 Å². The van der Waals surface area contributed by atoms with E-state index in [4.69, 9.17) is 69.6 Å². The molecule has 2 aromatic carbocycles. The fraction of sp³-hybridized carbons (Fsp3) is 0.174. The molecule has 1 aromatic heterocycles. The lowest BCUT2D eigenvalue weighted by Crippen LogP contribution is -2.23. The monoisotopic (exact) mass is 575 g/mol. The van der Waals surface area contributed by atoms with Crippen LogP contribution < -0.4 is 10.6 Å². The van der Waals surface area contributed by atoms with Crippen molar-refractivity contribution in [2.75, 3.05) is 17.2 Å². The number of aldehydes is 1. The normalized spacial score (nSPS) is 20.5. The van der Waals surface area contributed by atoms with Gasteiger partial charge in [-0.15, -0.1) is 0 Å². The topological polar surface area (TPSA) is 71.1 Å². The number of nitrogens with one attached hydrogen (secondary N) is 2. The SMILES string of the molecule is O=CC1(CNc2ccc(Cl)c(C(=O)Nc3cc(Cl)ccn3)c2)C(c2cc(Cl)cc(Cl)c2)C1(Cl)Cl. The van der Waals surface area contributed by atoms with Gasteiger partial charge in [-0.1, -0.05) is 69.6 Å². The van der Waals surface area contributed by atoms with E-state index in [1.54, 1.807) is 42.5 Å². The minimum Gasteiger partial charge on any atom is -0.384 e. The Kier molecular flexibility index (Phi) is 7.26. The van der Waals surface area contributed by atoms with Crippen molar-refractivity contribution in [2.45, 2.75) is 10.3 Å². The number of halogens is 6. The first kappa shape index (κ1) is 25.4. The van der Waals surface area contributed by atoms with Crippen LogP contribution in [0.2, 0.25) is 20.1 Å². The Bertz CT molecular complexity index is 1270. The number of amides is 1. The summed E-state index contributed by atoms with van der Waals surface area (Å²) in [6.45, 7) is 0.0941. The first-order valence-electron chi connectivity index (χ1n) is 9.84. The summed E-state index contributed by atoms with van der Waals surface area (Å²) in [6, 6.07) is 12.8. The number of carbonyl (C=O) groups excluding carboxylic acids is 2. The maximum absolute atomic E-state index is 12.7. The third-order valence-electron chi connectivity index (χ3n) is 5.60. The van der Waals surface area contributed by atoms with Crippen LogP contribution in [0.1, 0.15) is 21.8 Å². The second-order valence-electron chi connectivity index (χ2n) is 7.78.